The van der Waals surface area contributed by atoms with Gasteiger partial charge in [-0.1, -0.05) is 5.75 Å². The zero-order chi connectivity index (χ0) is 20.0. The number of hydrogen-bond acceptors (Lipinski definition) is 8. The molecule has 0 saturated heterocycles. The van der Waals surface area contributed by atoms with E-state index in [4.69, 9.17) is 9.84 Å². The fraction of sp³-hybridized carbons (Fsp3) is 0.125. The molecule has 0 bridgehead atoms. The molecule has 3 rings (SSSR count). The molecule has 140 valence electrons. The molecule has 0 fully saturated rings. The van der Waals surface area contributed by atoms with Crippen molar-refractivity contribution in [2.24, 2.45) is 0 Å². The van der Waals surface area contributed by atoms with Crippen molar-refractivity contribution in [2.75, 3.05) is 6.61 Å². The van der Waals surface area contributed by atoms with Crippen molar-refractivity contribution in [3.63, 3.8) is 0 Å². The third kappa shape index (κ3) is 2.52. The van der Waals surface area contributed by atoms with Crippen molar-refractivity contribution < 1.29 is 44.8 Å². The first-order valence-electron chi connectivity index (χ1n) is 7.44. The first kappa shape index (κ1) is 17.8. The number of nitrogens with zero attached hydrogens (tertiary/aromatic N) is 2. The molecule has 1 aromatic carbocycles. The number of benzene rings is 1. The van der Waals surface area contributed by atoms with Crippen LogP contribution in [0.4, 0.5) is 0 Å². The molecule has 27 heavy (non-hydrogen) atoms. The lowest BCUT2D eigenvalue weighted by molar-refractivity contribution is -0.267. The summed E-state index contributed by atoms with van der Waals surface area (Å²) < 4.78 is 5.01. The Morgan fingerprint density at radius 3 is 2.44 bits per heavy atom. The van der Waals surface area contributed by atoms with Crippen molar-refractivity contribution in [1.29, 1.82) is 0 Å². The van der Waals surface area contributed by atoms with Crippen LogP contribution in [-0.4, -0.2) is 54.8 Å². The lowest BCUT2D eigenvalue weighted by Crippen LogP contribution is -2.11. The minimum absolute atomic E-state index is 0.0273. The number of carboxylic acid groups (broad SMARTS) is 2. The average molecular weight is 375 g/mol. The summed E-state index contributed by atoms with van der Waals surface area (Å²) in [6, 6.07) is 1.65. The quantitative estimate of drug-likeness (QED) is 0.375. The minimum atomic E-state index is -1.59. The summed E-state index contributed by atoms with van der Waals surface area (Å²) in [5, 5.41) is 50.6. The number of fused-ring (bicyclic) bond motifs is 3. The number of aromatic hydroxyl groups is 1. The number of rotatable bonds is 4. The van der Waals surface area contributed by atoms with Gasteiger partial charge in [-0.25, -0.2) is 19.4 Å². The summed E-state index contributed by atoms with van der Waals surface area (Å²) in [7, 11) is 0. The van der Waals surface area contributed by atoms with E-state index in [9.17, 15) is 34.9 Å². The Bertz CT molecular complexity index is 1150. The van der Waals surface area contributed by atoms with Crippen molar-refractivity contribution in [1.82, 2.24) is 9.71 Å². The molecule has 0 aliphatic carbocycles. The number of aromatic nitrogens is 2. The highest BCUT2D eigenvalue weighted by Gasteiger charge is 2.26. The number of esters is 1. The lowest BCUT2D eigenvalue weighted by Gasteiger charge is -2.15. The number of phenolic OH excluding ortho intramolecular Hbond substituents is 1. The Morgan fingerprint density at radius 2 is 1.89 bits per heavy atom. The van der Waals surface area contributed by atoms with Crippen molar-refractivity contribution in [3.05, 3.63) is 29.1 Å². The van der Waals surface area contributed by atoms with Gasteiger partial charge < -0.3 is 30.4 Å². The van der Waals surface area contributed by atoms with E-state index in [0.717, 1.165) is 6.07 Å². The van der Waals surface area contributed by atoms with E-state index < -0.39 is 62.8 Å². The standard InChI is InChI=1S/C16H12N2O9/c1-2-27-16(25)8-4-6-11(18(8)26)9-5(14(21)22)3-7(15(23)24)17-10(9)13(20)12(6)19/h3-4,19-20,26H,2H2,1H3,(H,21,22)(H,23,24)/p-1. The summed E-state index contributed by atoms with van der Waals surface area (Å²) in [4.78, 5) is 38.4. The van der Waals surface area contributed by atoms with Crippen LogP contribution in [0.1, 0.15) is 38.3 Å². The van der Waals surface area contributed by atoms with Gasteiger partial charge in [-0.3, -0.25) is 0 Å². The van der Waals surface area contributed by atoms with Crippen LogP contribution in [-0.2, 0) is 4.74 Å². The number of carboxylic acids is 2. The molecule has 3 aromatic rings. The third-order valence-electron chi connectivity index (χ3n) is 3.85. The van der Waals surface area contributed by atoms with Crippen LogP contribution < -0.4 is 5.11 Å². The van der Waals surface area contributed by atoms with Gasteiger partial charge in [0, 0.05) is 10.8 Å². The minimum Gasteiger partial charge on any atom is -0.869 e. The topological polar surface area (TPSA) is 182 Å². The van der Waals surface area contributed by atoms with Gasteiger partial charge in [-0.2, -0.15) is 4.73 Å². The van der Waals surface area contributed by atoms with Crippen molar-refractivity contribution in [3.8, 4) is 11.5 Å². The van der Waals surface area contributed by atoms with Crippen LogP contribution in [0.3, 0.4) is 0 Å². The Hall–Kier alpha value is -4.02. The molecule has 0 radical (unpaired) electrons. The summed E-state index contributed by atoms with van der Waals surface area (Å²) in [5.41, 5.74) is -2.89. The molecule has 0 saturated carbocycles. The van der Waals surface area contributed by atoms with Crippen LogP contribution >= 0.6 is 0 Å². The maximum Gasteiger partial charge on any atom is 0.358 e. The fourth-order valence-electron chi connectivity index (χ4n) is 2.73. The van der Waals surface area contributed by atoms with E-state index >= 15 is 0 Å². The molecule has 0 aliphatic heterocycles. The molecule has 11 heteroatoms. The van der Waals surface area contributed by atoms with Crippen molar-refractivity contribution in [2.45, 2.75) is 6.92 Å². The van der Waals surface area contributed by atoms with E-state index in [1.807, 2.05) is 0 Å². The molecule has 0 atom stereocenters. The van der Waals surface area contributed by atoms with Gasteiger partial charge in [-0.15, -0.1) is 0 Å². The second-order valence-corrected chi connectivity index (χ2v) is 5.39. The monoisotopic (exact) mass is 375 g/mol. The molecule has 2 heterocycles. The molecule has 0 unspecified atom stereocenters. The number of carbonyl (C=O) groups is 3. The summed E-state index contributed by atoms with van der Waals surface area (Å²) in [5.74, 6) is -6.25. The normalized spacial score (nSPS) is 11.0. The van der Waals surface area contributed by atoms with Crippen LogP contribution in [0.2, 0.25) is 0 Å². The fourth-order valence-corrected chi connectivity index (χ4v) is 2.73. The van der Waals surface area contributed by atoms with Crippen LogP contribution in [0.5, 0.6) is 11.5 Å². The number of pyridine rings is 1. The maximum atomic E-state index is 12.4. The van der Waals surface area contributed by atoms with Gasteiger partial charge in [0.05, 0.1) is 17.7 Å². The van der Waals surface area contributed by atoms with Crippen LogP contribution in [0, 0.1) is 0 Å². The molecule has 0 aliphatic rings. The third-order valence-corrected chi connectivity index (χ3v) is 3.85. The second kappa shape index (κ2) is 6.05. The van der Waals surface area contributed by atoms with E-state index in [2.05, 4.69) is 4.98 Å². The first-order chi connectivity index (χ1) is 12.7. The zero-order valence-corrected chi connectivity index (χ0v) is 13.6. The highest BCUT2D eigenvalue weighted by atomic mass is 16.5. The van der Waals surface area contributed by atoms with E-state index in [1.165, 1.54) is 6.92 Å². The van der Waals surface area contributed by atoms with E-state index in [1.54, 1.807) is 0 Å². The molecule has 0 spiro atoms. The Kier molecular flexibility index (Phi) is 3.99. The number of carbonyl (C=O) groups excluding carboxylic acids is 1. The average Bonchev–Trinajstić information content (AvgIpc) is 2.96. The van der Waals surface area contributed by atoms with Crippen molar-refractivity contribution >= 4 is 39.7 Å². The molecule has 11 nitrogen and oxygen atoms in total. The SMILES string of the molecule is CCOC(=O)c1cc2c([O-])c(O)c3nc(C(=O)O)cc(C(=O)O)c3c2n1O. The Balaban J connectivity index is 2.57. The molecular weight excluding hydrogens is 364 g/mol. The van der Waals surface area contributed by atoms with Gasteiger partial charge in [-0.05, 0) is 19.1 Å². The Morgan fingerprint density at radius 1 is 1.22 bits per heavy atom. The lowest BCUT2D eigenvalue weighted by atomic mass is 10.0. The molecule has 0 amide bonds. The number of aromatic carboxylic acids is 2. The molecule has 2 aromatic heterocycles. The summed E-state index contributed by atoms with van der Waals surface area (Å²) in [6.45, 7) is 1.49. The van der Waals surface area contributed by atoms with Crippen LogP contribution in [0.25, 0.3) is 21.8 Å². The van der Waals surface area contributed by atoms with Gasteiger partial charge in [0.2, 0.25) is 0 Å². The predicted octanol–water partition coefficient (Wildman–Crippen LogP) is 0.779. The predicted molar refractivity (Wildman–Crippen MR) is 85.4 cm³/mol. The van der Waals surface area contributed by atoms with Gasteiger partial charge >= 0.3 is 17.9 Å². The summed E-state index contributed by atoms with van der Waals surface area (Å²) in [6.07, 6.45) is 0. The van der Waals surface area contributed by atoms with Gasteiger partial charge in [0.25, 0.3) is 0 Å². The van der Waals surface area contributed by atoms with Crippen LogP contribution in [0.15, 0.2) is 12.1 Å². The molecule has 4 N–H and O–H groups in total. The number of phenols is 1. The van der Waals surface area contributed by atoms with E-state index in [-0.39, 0.29) is 16.7 Å². The highest BCUT2D eigenvalue weighted by Crippen LogP contribution is 2.42. The maximum absolute atomic E-state index is 12.4. The Labute approximate surface area is 149 Å². The molecular formula is C16H11N2O9-. The number of ether oxygens (including phenoxy) is 1. The zero-order valence-electron chi connectivity index (χ0n) is 13.6. The van der Waals surface area contributed by atoms with Gasteiger partial charge in [0.15, 0.2) is 5.69 Å². The second-order valence-electron chi connectivity index (χ2n) is 5.39. The number of hydrogen-bond donors (Lipinski definition) is 4. The smallest absolute Gasteiger partial charge is 0.358 e. The largest absolute Gasteiger partial charge is 0.869 e. The summed E-state index contributed by atoms with van der Waals surface area (Å²) >= 11 is 0. The van der Waals surface area contributed by atoms with E-state index in [0.29, 0.717) is 6.07 Å². The first-order valence-corrected chi connectivity index (χ1v) is 7.44. The highest BCUT2D eigenvalue weighted by molar-refractivity contribution is 6.19. The van der Waals surface area contributed by atoms with Gasteiger partial charge in [0.1, 0.15) is 17.0 Å².